The van der Waals surface area contributed by atoms with Crippen molar-refractivity contribution < 1.29 is 4.79 Å². The molecule has 1 heteroatoms. The zero-order valence-corrected chi connectivity index (χ0v) is 9.92. The molecule has 0 unspecified atom stereocenters. The molecule has 0 radical (unpaired) electrons. The van der Waals surface area contributed by atoms with Gasteiger partial charge in [0.05, 0.1) is 0 Å². The van der Waals surface area contributed by atoms with E-state index < -0.39 is 0 Å². The Morgan fingerprint density at radius 2 is 1.87 bits per heavy atom. The third-order valence-electron chi connectivity index (χ3n) is 2.18. The number of rotatable bonds is 6. The Hall–Kier alpha value is -1.37. The van der Waals surface area contributed by atoms with E-state index in [-0.39, 0.29) is 5.78 Å². The summed E-state index contributed by atoms with van der Waals surface area (Å²) in [6.45, 7) is 9.45. The van der Waals surface area contributed by atoms with Gasteiger partial charge in [-0.3, -0.25) is 4.79 Å². The van der Waals surface area contributed by atoms with E-state index in [2.05, 4.69) is 13.5 Å². The van der Waals surface area contributed by atoms with Gasteiger partial charge < -0.3 is 0 Å². The molecule has 0 aromatic carbocycles. The van der Waals surface area contributed by atoms with Crippen LogP contribution >= 0.6 is 0 Å². The largest absolute Gasteiger partial charge is 0.294 e. The van der Waals surface area contributed by atoms with Crippen LogP contribution in [0.2, 0.25) is 0 Å². The average Bonchev–Trinajstić information content (AvgIpc) is 2.27. The van der Waals surface area contributed by atoms with E-state index in [1.165, 1.54) is 0 Å². The van der Waals surface area contributed by atoms with E-state index >= 15 is 0 Å². The number of ketones is 1. The van der Waals surface area contributed by atoms with E-state index in [0.717, 1.165) is 17.6 Å². The first-order valence-electron chi connectivity index (χ1n) is 5.39. The average molecular weight is 204 g/mol. The summed E-state index contributed by atoms with van der Waals surface area (Å²) in [7, 11) is 0. The third kappa shape index (κ3) is 4.59. The Labute approximate surface area is 92.9 Å². The van der Waals surface area contributed by atoms with Crippen molar-refractivity contribution in [1.82, 2.24) is 0 Å². The predicted molar refractivity (Wildman–Crippen MR) is 66.8 cm³/mol. The summed E-state index contributed by atoms with van der Waals surface area (Å²) in [4.78, 5) is 11.6. The number of carbonyl (C=O) groups excluding carboxylic acids is 1. The molecule has 0 amide bonds. The number of carbonyl (C=O) groups is 1. The zero-order valence-electron chi connectivity index (χ0n) is 9.92. The van der Waals surface area contributed by atoms with Crippen molar-refractivity contribution in [2.24, 2.45) is 0 Å². The summed E-state index contributed by atoms with van der Waals surface area (Å²) in [6, 6.07) is 0. The fourth-order valence-corrected chi connectivity index (χ4v) is 1.36. The van der Waals surface area contributed by atoms with Crippen molar-refractivity contribution in [2.75, 3.05) is 0 Å². The summed E-state index contributed by atoms with van der Waals surface area (Å²) < 4.78 is 0. The molecule has 0 aliphatic carbocycles. The molecule has 0 aromatic rings. The molecule has 15 heavy (non-hydrogen) atoms. The van der Waals surface area contributed by atoms with Crippen molar-refractivity contribution in [2.45, 2.75) is 33.6 Å². The highest BCUT2D eigenvalue weighted by Crippen LogP contribution is 2.16. The van der Waals surface area contributed by atoms with Gasteiger partial charge in [-0.25, -0.2) is 0 Å². The van der Waals surface area contributed by atoms with Crippen LogP contribution in [0.25, 0.3) is 0 Å². The molecular weight excluding hydrogens is 184 g/mol. The molecule has 0 N–H and O–H groups in total. The van der Waals surface area contributed by atoms with Gasteiger partial charge in [0.25, 0.3) is 0 Å². The van der Waals surface area contributed by atoms with E-state index in [4.69, 9.17) is 0 Å². The van der Waals surface area contributed by atoms with E-state index in [9.17, 15) is 4.79 Å². The minimum atomic E-state index is 0.206. The van der Waals surface area contributed by atoms with Crippen LogP contribution in [0.3, 0.4) is 0 Å². The van der Waals surface area contributed by atoms with Crippen molar-refractivity contribution in [1.29, 1.82) is 0 Å². The molecule has 0 aromatic heterocycles. The molecule has 0 aliphatic rings. The highest BCUT2D eigenvalue weighted by molar-refractivity contribution is 5.99. The zero-order chi connectivity index (χ0) is 11.7. The van der Waals surface area contributed by atoms with Crippen molar-refractivity contribution in [3.63, 3.8) is 0 Å². The van der Waals surface area contributed by atoms with Crippen molar-refractivity contribution >= 4 is 5.78 Å². The Balaban J connectivity index is 4.93. The van der Waals surface area contributed by atoms with Crippen LogP contribution in [0.15, 0.2) is 48.1 Å². The lowest BCUT2D eigenvalue weighted by Gasteiger charge is -2.06. The standard InChI is InChI=1S/C14H20O/c1-5-9-10-11-12(6-2)13(7-3)14(15)8-4/h5,7,9-11H,1,6,8H2,2-4H3/b10-9-,12-11+,13-7+. The summed E-state index contributed by atoms with van der Waals surface area (Å²) in [5.74, 6) is 0.206. The van der Waals surface area contributed by atoms with Crippen LogP contribution in [0.4, 0.5) is 0 Å². The molecule has 0 saturated heterocycles. The maximum absolute atomic E-state index is 11.6. The molecule has 0 aliphatic heterocycles. The Kier molecular flexibility index (Phi) is 7.25. The maximum Gasteiger partial charge on any atom is 0.162 e. The third-order valence-corrected chi connectivity index (χ3v) is 2.18. The van der Waals surface area contributed by atoms with Crippen LogP contribution in [0, 0.1) is 0 Å². The van der Waals surface area contributed by atoms with Crippen LogP contribution in [0.5, 0.6) is 0 Å². The lowest BCUT2D eigenvalue weighted by atomic mass is 9.97. The minimum absolute atomic E-state index is 0.206. The van der Waals surface area contributed by atoms with Gasteiger partial charge in [-0.1, -0.05) is 50.8 Å². The van der Waals surface area contributed by atoms with Crippen molar-refractivity contribution in [3.05, 3.63) is 48.1 Å². The molecule has 0 fully saturated rings. The van der Waals surface area contributed by atoms with Crippen LogP contribution < -0.4 is 0 Å². The van der Waals surface area contributed by atoms with Gasteiger partial charge in [0, 0.05) is 12.0 Å². The van der Waals surface area contributed by atoms with Gasteiger partial charge >= 0.3 is 0 Å². The molecule has 0 atom stereocenters. The number of hydrogen-bond acceptors (Lipinski definition) is 1. The lowest BCUT2D eigenvalue weighted by molar-refractivity contribution is -0.115. The van der Waals surface area contributed by atoms with Gasteiger partial charge in [0.1, 0.15) is 0 Å². The van der Waals surface area contributed by atoms with Gasteiger partial charge in [-0.15, -0.1) is 0 Å². The first-order valence-corrected chi connectivity index (χ1v) is 5.39. The van der Waals surface area contributed by atoms with E-state index in [1.807, 2.05) is 38.2 Å². The minimum Gasteiger partial charge on any atom is -0.294 e. The molecule has 82 valence electrons. The molecule has 0 spiro atoms. The predicted octanol–water partition coefficient (Wildman–Crippen LogP) is 3.99. The second-order valence-electron chi connectivity index (χ2n) is 3.15. The smallest absolute Gasteiger partial charge is 0.162 e. The molecule has 0 rings (SSSR count). The van der Waals surface area contributed by atoms with E-state index in [1.54, 1.807) is 6.08 Å². The monoisotopic (exact) mass is 204 g/mol. The second kappa shape index (κ2) is 7.98. The summed E-state index contributed by atoms with van der Waals surface area (Å²) in [5, 5.41) is 0. The molecule has 1 nitrogen and oxygen atoms in total. The second-order valence-corrected chi connectivity index (χ2v) is 3.15. The molecule has 0 heterocycles. The van der Waals surface area contributed by atoms with Crippen LogP contribution in [-0.4, -0.2) is 5.78 Å². The lowest BCUT2D eigenvalue weighted by Crippen LogP contribution is -2.02. The Morgan fingerprint density at radius 3 is 2.27 bits per heavy atom. The topological polar surface area (TPSA) is 17.1 Å². The fraction of sp³-hybridized carbons (Fsp3) is 0.357. The summed E-state index contributed by atoms with van der Waals surface area (Å²) in [6.07, 6.45) is 10.8. The normalized spacial score (nSPS) is 13.3. The first-order chi connectivity index (χ1) is 7.21. The van der Waals surface area contributed by atoms with Gasteiger partial charge in [-0.05, 0) is 18.9 Å². The summed E-state index contributed by atoms with van der Waals surface area (Å²) in [5.41, 5.74) is 1.93. The van der Waals surface area contributed by atoms with Gasteiger partial charge in [-0.2, -0.15) is 0 Å². The highest BCUT2D eigenvalue weighted by Gasteiger charge is 2.08. The Morgan fingerprint density at radius 1 is 1.20 bits per heavy atom. The summed E-state index contributed by atoms with van der Waals surface area (Å²) >= 11 is 0. The maximum atomic E-state index is 11.6. The van der Waals surface area contributed by atoms with Gasteiger partial charge in [0.15, 0.2) is 5.78 Å². The first kappa shape index (κ1) is 13.6. The van der Waals surface area contributed by atoms with Crippen molar-refractivity contribution in [3.8, 4) is 0 Å². The number of allylic oxidation sites excluding steroid dienone is 7. The molecule has 0 saturated carbocycles. The molecule has 0 bridgehead atoms. The number of Topliss-reactive ketones (excluding diaryl/α,β-unsaturated/α-hetero) is 1. The Bertz CT molecular complexity index is 303. The fourth-order valence-electron chi connectivity index (χ4n) is 1.36. The molecular formula is C14H20O. The quantitative estimate of drug-likeness (QED) is 0.472. The van der Waals surface area contributed by atoms with Crippen LogP contribution in [0.1, 0.15) is 33.6 Å². The highest BCUT2D eigenvalue weighted by atomic mass is 16.1. The SMILES string of the molecule is C=C\C=C/C=C(CC)/C(=C\C)C(=O)CC. The van der Waals surface area contributed by atoms with Gasteiger partial charge in [0.2, 0.25) is 0 Å². The number of hydrogen-bond donors (Lipinski definition) is 0. The van der Waals surface area contributed by atoms with E-state index in [0.29, 0.717) is 6.42 Å². The van der Waals surface area contributed by atoms with Crippen LogP contribution in [-0.2, 0) is 4.79 Å².